The Labute approximate surface area is 170 Å². The minimum Gasteiger partial charge on any atom is -0.485 e. The molecular weight excluding hydrogens is 376 g/mol. The number of nitrogens with zero attached hydrogens (tertiary/aromatic N) is 1. The Bertz CT molecular complexity index is 768. The molecule has 1 saturated heterocycles. The van der Waals surface area contributed by atoms with Crippen LogP contribution in [0, 0.1) is 0 Å². The Balaban J connectivity index is 1.43. The van der Waals surface area contributed by atoms with E-state index in [-0.39, 0.29) is 25.0 Å². The maximum atomic E-state index is 12.7. The fourth-order valence-corrected chi connectivity index (χ4v) is 3.33. The average molecular weight is 405 g/mol. The molecule has 9 nitrogen and oxygen atoms in total. The van der Waals surface area contributed by atoms with Gasteiger partial charge in [-0.25, -0.2) is 4.79 Å². The number of para-hydroxylation sites is 2. The van der Waals surface area contributed by atoms with E-state index in [0.29, 0.717) is 37.7 Å². The molecule has 1 aromatic rings. The van der Waals surface area contributed by atoms with E-state index in [1.165, 1.54) is 0 Å². The molecule has 158 valence electrons. The van der Waals surface area contributed by atoms with Crippen LogP contribution in [0.1, 0.15) is 20.8 Å². The predicted molar refractivity (Wildman–Crippen MR) is 105 cm³/mol. The standard InChI is InChI=1S/C20H28N4O5/c1-20(2,3)22-19(27)21-17(25)12-23-8-10-24(11-9-23)18(26)16-13-28-14-6-4-5-7-15(14)29-16/h4-7,16H,8-13H2,1-3H3,(H2,21,22,25,27)/p+1/t16-/m0/s1. The van der Waals surface area contributed by atoms with Gasteiger partial charge in [0.15, 0.2) is 18.0 Å². The number of imide groups is 1. The van der Waals surface area contributed by atoms with Crippen molar-refractivity contribution in [1.29, 1.82) is 0 Å². The van der Waals surface area contributed by atoms with Gasteiger partial charge in [0.05, 0.1) is 26.2 Å². The summed E-state index contributed by atoms with van der Waals surface area (Å²) >= 11 is 0. The molecular formula is C20H29N4O5+. The SMILES string of the molecule is CC(C)(C)NC(=O)NC(=O)C[NH+]1CCN(C(=O)[C@@H]2COc3ccccc3O2)CC1. The number of piperazine rings is 1. The summed E-state index contributed by atoms with van der Waals surface area (Å²) in [7, 11) is 0. The van der Waals surface area contributed by atoms with Crippen molar-refractivity contribution in [3.63, 3.8) is 0 Å². The maximum absolute atomic E-state index is 12.7. The normalized spacial score (nSPS) is 19.4. The molecule has 0 bridgehead atoms. The Kier molecular flexibility index (Phi) is 6.26. The zero-order valence-corrected chi connectivity index (χ0v) is 17.1. The maximum Gasteiger partial charge on any atom is 0.322 e. The topological polar surface area (TPSA) is 101 Å². The number of hydrogen-bond acceptors (Lipinski definition) is 5. The number of ether oxygens (including phenoxy) is 2. The van der Waals surface area contributed by atoms with Crippen LogP contribution in [0.2, 0.25) is 0 Å². The lowest BCUT2D eigenvalue weighted by Crippen LogP contribution is -3.16. The van der Waals surface area contributed by atoms with Crippen molar-refractivity contribution in [2.75, 3.05) is 39.3 Å². The van der Waals surface area contributed by atoms with Gasteiger partial charge in [0, 0.05) is 5.54 Å². The smallest absolute Gasteiger partial charge is 0.322 e. The molecule has 0 spiro atoms. The van der Waals surface area contributed by atoms with Crippen LogP contribution < -0.4 is 25.0 Å². The molecule has 9 heteroatoms. The first-order valence-corrected chi connectivity index (χ1v) is 9.84. The molecule has 1 fully saturated rings. The molecule has 0 aromatic heterocycles. The third-order valence-electron chi connectivity index (χ3n) is 4.72. The minimum atomic E-state index is -0.657. The fraction of sp³-hybridized carbons (Fsp3) is 0.550. The van der Waals surface area contributed by atoms with E-state index in [9.17, 15) is 14.4 Å². The molecule has 29 heavy (non-hydrogen) atoms. The Morgan fingerprint density at radius 2 is 1.79 bits per heavy atom. The fourth-order valence-electron chi connectivity index (χ4n) is 3.33. The average Bonchev–Trinajstić information content (AvgIpc) is 2.66. The highest BCUT2D eigenvalue weighted by atomic mass is 16.6. The van der Waals surface area contributed by atoms with Crippen LogP contribution in [0.4, 0.5) is 4.79 Å². The second-order valence-corrected chi connectivity index (χ2v) is 8.37. The van der Waals surface area contributed by atoms with E-state index >= 15 is 0 Å². The van der Waals surface area contributed by atoms with Gasteiger partial charge in [-0.3, -0.25) is 14.9 Å². The van der Waals surface area contributed by atoms with Gasteiger partial charge >= 0.3 is 6.03 Å². The number of urea groups is 1. The summed E-state index contributed by atoms with van der Waals surface area (Å²) in [6.07, 6.45) is -0.657. The number of amides is 4. The third kappa shape index (κ3) is 5.83. The highest BCUT2D eigenvalue weighted by Gasteiger charge is 2.34. The number of benzene rings is 1. The molecule has 1 atom stereocenters. The van der Waals surface area contributed by atoms with Gasteiger partial charge in [-0.2, -0.15) is 0 Å². The summed E-state index contributed by atoms with van der Waals surface area (Å²) in [5.74, 6) is 0.786. The second kappa shape index (κ2) is 8.69. The number of nitrogens with one attached hydrogen (secondary N) is 3. The van der Waals surface area contributed by atoms with Gasteiger partial charge in [0.1, 0.15) is 6.61 Å². The van der Waals surface area contributed by atoms with Gasteiger partial charge < -0.3 is 24.6 Å². The van der Waals surface area contributed by atoms with Crippen LogP contribution in [-0.2, 0) is 9.59 Å². The van der Waals surface area contributed by atoms with Crippen LogP contribution in [0.15, 0.2) is 24.3 Å². The zero-order chi connectivity index (χ0) is 21.0. The Morgan fingerprint density at radius 3 is 2.45 bits per heavy atom. The van der Waals surface area contributed by atoms with Crippen molar-refractivity contribution in [2.24, 2.45) is 0 Å². The summed E-state index contributed by atoms with van der Waals surface area (Å²) in [5, 5.41) is 5.05. The highest BCUT2D eigenvalue weighted by Crippen LogP contribution is 2.31. The van der Waals surface area contributed by atoms with Crippen molar-refractivity contribution in [2.45, 2.75) is 32.4 Å². The summed E-state index contributed by atoms with van der Waals surface area (Å²) in [4.78, 5) is 39.4. The summed E-state index contributed by atoms with van der Waals surface area (Å²) in [5.41, 5.74) is -0.408. The quantitative estimate of drug-likeness (QED) is 0.610. The molecule has 0 aliphatic carbocycles. The summed E-state index contributed by atoms with van der Waals surface area (Å²) in [6, 6.07) is 6.79. The molecule has 0 unspecified atom stereocenters. The number of quaternary nitrogens is 1. The summed E-state index contributed by atoms with van der Waals surface area (Å²) < 4.78 is 11.4. The Morgan fingerprint density at radius 1 is 1.14 bits per heavy atom. The largest absolute Gasteiger partial charge is 0.485 e. The molecule has 3 N–H and O–H groups in total. The zero-order valence-electron chi connectivity index (χ0n) is 17.1. The lowest BCUT2D eigenvalue weighted by Gasteiger charge is -2.35. The van der Waals surface area contributed by atoms with Gasteiger partial charge in [-0.1, -0.05) is 12.1 Å². The number of fused-ring (bicyclic) bond motifs is 1. The number of carbonyl (C=O) groups is 3. The number of rotatable bonds is 3. The van der Waals surface area contributed by atoms with Crippen molar-refractivity contribution in [3.05, 3.63) is 24.3 Å². The van der Waals surface area contributed by atoms with Gasteiger partial charge in [0.2, 0.25) is 6.10 Å². The highest BCUT2D eigenvalue weighted by molar-refractivity contribution is 5.95. The van der Waals surface area contributed by atoms with Gasteiger partial charge in [0.25, 0.3) is 11.8 Å². The lowest BCUT2D eigenvalue weighted by atomic mass is 10.1. The lowest BCUT2D eigenvalue weighted by molar-refractivity contribution is -0.896. The van der Waals surface area contributed by atoms with Gasteiger partial charge in [-0.15, -0.1) is 0 Å². The minimum absolute atomic E-state index is 0.104. The van der Waals surface area contributed by atoms with Gasteiger partial charge in [-0.05, 0) is 32.9 Å². The predicted octanol–water partition coefficient (Wildman–Crippen LogP) is -0.822. The first kappa shape index (κ1) is 20.9. The molecule has 0 radical (unpaired) electrons. The molecule has 2 heterocycles. The Hall–Kier alpha value is -2.81. The van der Waals surface area contributed by atoms with E-state index in [1.54, 1.807) is 11.0 Å². The first-order valence-electron chi connectivity index (χ1n) is 9.84. The monoisotopic (exact) mass is 405 g/mol. The van der Waals surface area contributed by atoms with E-state index in [4.69, 9.17) is 9.47 Å². The van der Waals surface area contributed by atoms with E-state index in [1.807, 2.05) is 39.0 Å². The van der Waals surface area contributed by atoms with Crippen LogP contribution in [0.25, 0.3) is 0 Å². The summed E-state index contributed by atoms with van der Waals surface area (Å²) in [6.45, 7) is 8.22. The van der Waals surface area contributed by atoms with E-state index < -0.39 is 17.7 Å². The number of hydrogen-bond donors (Lipinski definition) is 3. The van der Waals surface area contributed by atoms with Crippen LogP contribution in [0.3, 0.4) is 0 Å². The number of carbonyl (C=O) groups excluding carboxylic acids is 3. The van der Waals surface area contributed by atoms with Crippen LogP contribution >= 0.6 is 0 Å². The van der Waals surface area contributed by atoms with E-state index in [2.05, 4.69) is 10.6 Å². The molecule has 2 aliphatic heterocycles. The van der Waals surface area contributed by atoms with Crippen molar-refractivity contribution in [1.82, 2.24) is 15.5 Å². The van der Waals surface area contributed by atoms with Crippen molar-refractivity contribution < 1.29 is 28.8 Å². The van der Waals surface area contributed by atoms with Crippen LogP contribution in [-0.4, -0.2) is 73.7 Å². The second-order valence-electron chi connectivity index (χ2n) is 8.37. The van der Waals surface area contributed by atoms with Crippen molar-refractivity contribution in [3.8, 4) is 11.5 Å². The van der Waals surface area contributed by atoms with Crippen LogP contribution in [0.5, 0.6) is 11.5 Å². The molecule has 2 aliphatic rings. The van der Waals surface area contributed by atoms with Crippen molar-refractivity contribution >= 4 is 17.8 Å². The molecule has 4 amide bonds. The third-order valence-corrected chi connectivity index (χ3v) is 4.72. The molecule has 1 aromatic carbocycles. The van der Waals surface area contributed by atoms with E-state index in [0.717, 1.165) is 4.90 Å². The molecule has 3 rings (SSSR count). The molecule has 0 saturated carbocycles. The first-order chi connectivity index (χ1) is 13.7.